The van der Waals surface area contributed by atoms with Gasteiger partial charge in [-0.3, -0.25) is 9.59 Å². The topological polar surface area (TPSA) is 93.7 Å². The zero-order valence-corrected chi connectivity index (χ0v) is 14.4. The minimum atomic E-state index is -0.632. The normalized spacial score (nSPS) is 9.88. The molecule has 0 radical (unpaired) electrons. The lowest BCUT2D eigenvalue weighted by Gasteiger charge is -2.11. The Morgan fingerprint density at radius 3 is 2.35 bits per heavy atom. The summed E-state index contributed by atoms with van der Waals surface area (Å²) in [5, 5.41) is 4.72. The van der Waals surface area contributed by atoms with Crippen molar-refractivity contribution in [3.05, 3.63) is 65.7 Å². The summed E-state index contributed by atoms with van der Waals surface area (Å²) in [5.74, 6) is -0.843. The van der Waals surface area contributed by atoms with Gasteiger partial charge in [0.15, 0.2) is 6.61 Å². The molecule has 136 valence electrons. The molecule has 26 heavy (non-hydrogen) atoms. The van der Waals surface area contributed by atoms with Crippen LogP contribution in [0.15, 0.2) is 54.6 Å². The highest BCUT2D eigenvalue weighted by atomic mass is 16.5. The smallest absolute Gasteiger partial charge is 0.339 e. The van der Waals surface area contributed by atoms with Crippen LogP contribution in [0.2, 0.25) is 0 Å². The third-order valence-electron chi connectivity index (χ3n) is 3.43. The molecule has 2 N–H and O–H groups in total. The van der Waals surface area contributed by atoms with E-state index in [1.165, 1.54) is 7.05 Å². The van der Waals surface area contributed by atoms with E-state index in [-0.39, 0.29) is 19.1 Å². The Morgan fingerprint density at radius 1 is 0.923 bits per heavy atom. The number of amides is 2. The molecule has 0 aliphatic rings. The number of hydrogen-bond donors (Lipinski definition) is 2. The van der Waals surface area contributed by atoms with E-state index in [0.29, 0.717) is 16.9 Å². The average Bonchev–Trinajstić information content (AvgIpc) is 2.69. The maximum atomic E-state index is 12.2. The molecule has 0 spiro atoms. The zero-order chi connectivity index (χ0) is 18.8. The van der Waals surface area contributed by atoms with Gasteiger partial charge in [0.2, 0.25) is 5.91 Å². The summed E-state index contributed by atoms with van der Waals surface area (Å²) in [4.78, 5) is 34.9. The SMILES string of the molecule is CNC(=O)CNC(=O)COC(=O)c1ccccc1COc1ccccc1. The van der Waals surface area contributed by atoms with Gasteiger partial charge in [-0.1, -0.05) is 36.4 Å². The van der Waals surface area contributed by atoms with Crippen molar-refractivity contribution >= 4 is 17.8 Å². The largest absolute Gasteiger partial charge is 0.489 e. The Kier molecular flexibility index (Phi) is 7.17. The zero-order valence-electron chi connectivity index (χ0n) is 14.4. The van der Waals surface area contributed by atoms with Gasteiger partial charge in [0.05, 0.1) is 12.1 Å². The van der Waals surface area contributed by atoms with Gasteiger partial charge < -0.3 is 20.1 Å². The summed E-state index contributed by atoms with van der Waals surface area (Å²) in [7, 11) is 1.46. The molecular formula is C19H20N2O5. The van der Waals surface area contributed by atoms with Crippen molar-refractivity contribution < 1.29 is 23.9 Å². The molecule has 0 aliphatic carbocycles. The number of likely N-dealkylation sites (N-methyl/N-ethyl adjacent to an activating group) is 1. The fraction of sp³-hybridized carbons (Fsp3) is 0.211. The van der Waals surface area contributed by atoms with Gasteiger partial charge in [0, 0.05) is 12.6 Å². The summed E-state index contributed by atoms with van der Waals surface area (Å²) in [6.07, 6.45) is 0. The predicted octanol–water partition coefficient (Wildman–Crippen LogP) is 1.28. The first-order valence-electron chi connectivity index (χ1n) is 8.00. The number of para-hydroxylation sites is 1. The van der Waals surface area contributed by atoms with Crippen LogP contribution in [0.25, 0.3) is 0 Å². The highest BCUT2D eigenvalue weighted by Gasteiger charge is 2.15. The highest BCUT2D eigenvalue weighted by Crippen LogP contribution is 2.15. The van der Waals surface area contributed by atoms with Crippen LogP contribution in [0.5, 0.6) is 5.75 Å². The van der Waals surface area contributed by atoms with E-state index in [0.717, 1.165) is 0 Å². The third-order valence-corrected chi connectivity index (χ3v) is 3.43. The summed E-state index contributed by atoms with van der Waals surface area (Å²) in [5.41, 5.74) is 0.967. The fourth-order valence-electron chi connectivity index (χ4n) is 2.05. The molecule has 2 amide bonds. The molecule has 0 aliphatic heterocycles. The number of benzene rings is 2. The fourth-order valence-corrected chi connectivity index (χ4v) is 2.05. The number of ether oxygens (including phenoxy) is 2. The molecule has 2 aromatic rings. The van der Waals surface area contributed by atoms with Crippen molar-refractivity contribution in [3.63, 3.8) is 0 Å². The first-order chi connectivity index (χ1) is 12.6. The summed E-state index contributed by atoms with van der Waals surface area (Å²) in [6, 6.07) is 16.1. The molecule has 0 atom stereocenters. The Bertz CT molecular complexity index is 762. The van der Waals surface area contributed by atoms with Crippen LogP contribution in [0.4, 0.5) is 0 Å². The van der Waals surface area contributed by atoms with Crippen LogP contribution in [0, 0.1) is 0 Å². The molecule has 0 saturated heterocycles. The molecule has 2 rings (SSSR count). The van der Waals surface area contributed by atoms with Crippen LogP contribution >= 0.6 is 0 Å². The quantitative estimate of drug-likeness (QED) is 0.695. The lowest BCUT2D eigenvalue weighted by Crippen LogP contribution is -2.37. The molecule has 7 nitrogen and oxygen atoms in total. The van der Waals surface area contributed by atoms with Gasteiger partial charge >= 0.3 is 5.97 Å². The van der Waals surface area contributed by atoms with Crippen molar-refractivity contribution in [2.24, 2.45) is 0 Å². The number of esters is 1. The van der Waals surface area contributed by atoms with E-state index in [1.807, 2.05) is 30.3 Å². The Hall–Kier alpha value is -3.35. The number of rotatable bonds is 8. The Balaban J connectivity index is 1.90. The van der Waals surface area contributed by atoms with E-state index in [4.69, 9.17) is 9.47 Å². The van der Waals surface area contributed by atoms with Crippen molar-refractivity contribution in [1.29, 1.82) is 0 Å². The van der Waals surface area contributed by atoms with Gasteiger partial charge in [0.1, 0.15) is 12.4 Å². The molecule has 0 saturated carbocycles. The van der Waals surface area contributed by atoms with Crippen molar-refractivity contribution in [2.75, 3.05) is 20.2 Å². The van der Waals surface area contributed by atoms with E-state index in [2.05, 4.69) is 10.6 Å². The van der Waals surface area contributed by atoms with Crippen LogP contribution in [-0.2, 0) is 20.9 Å². The second kappa shape index (κ2) is 9.83. The first kappa shape index (κ1) is 19.0. The molecule has 7 heteroatoms. The Labute approximate surface area is 151 Å². The summed E-state index contributed by atoms with van der Waals surface area (Å²) >= 11 is 0. The average molecular weight is 356 g/mol. The highest BCUT2D eigenvalue weighted by molar-refractivity contribution is 5.93. The predicted molar refractivity (Wildman–Crippen MR) is 94.6 cm³/mol. The third kappa shape index (κ3) is 5.94. The molecule has 0 aromatic heterocycles. The Morgan fingerprint density at radius 2 is 1.62 bits per heavy atom. The number of hydrogen-bond acceptors (Lipinski definition) is 5. The number of carbonyl (C=O) groups excluding carboxylic acids is 3. The van der Waals surface area contributed by atoms with E-state index < -0.39 is 18.5 Å². The standard InChI is InChI=1S/C19H20N2O5/c1-20-17(22)11-21-18(23)13-26-19(24)16-10-6-5-7-14(16)12-25-15-8-3-2-4-9-15/h2-10H,11-13H2,1H3,(H,20,22)(H,21,23). The monoisotopic (exact) mass is 356 g/mol. The molecule has 0 bridgehead atoms. The number of nitrogens with one attached hydrogen (secondary N) is 2. The molecule has 2 aromatic carbocycles. The van der Waals surface area contributed by atoms with Gasteiger partial charge in [-0.2, -0.15) is 0 Å². The second-order valence-electron chi connectivity index (χ2n) is 5.28. The lowest BCUT2D eigenvalue weighted by atomic mass is 10.1. The summed E-state index contributed by atoms with van der Waals surface area (Å²) < 4.78 is 10.7. The van der Waals surface area contributed by atoms with Gasteiger partial charge in [-0.25, -0.2) is 4.79 Å². The minimum Gasteiger partial charge on any atom is -0.489 e. The van der Waals surface area contributed by atoms with Crippen molar-refractivity contribution in [1.82, 2.24) is 10.6 Å². The van der Waals surface area contributed by atoms with Crippen LogP contribution in [-0.4, -0.2) is 38.0 Å². The minimum absolute atomic E-state index is 0.172. The van der Waals surface area contributed by atoms with E-state index >= 15 is 0 Å². The van der Waals surface area contributed by atoms with Gasteiger partial charge in [0.25, 0.3) is 5.91 Å². The van der Waals surface area contributed by atoms with Gasteiger partial charge in [-0.15, -0.1) is 0 Å². The van der Waals surface area contributed by atoms with Crippen LogP contribution < -0.4 is 15.4 Å². The molecular weight excluding hydrogens is 336 g/mol. The molecule has 0 heterocycles. The maximum Gasteiger partial charge on any atom is 0.339 e. The van der Waals surface area contributed by atoms with E-state index in [9.17, 15) is 14.4 Å². The number of carbonyl (C=O) groups is 3. The van der Waals surface area contributed by atoms with Crippen molar-refractivity contribution in [2.45, 2.75) is 6.61 Å². The van der Waals surface area contributed by atoms with Crippen LogP contribution in [0.1, 0.15) is 15.9 Å². The van der Waals surface area contributed by atoms with Gasteiger partial charge in [-0.05, 0) is 18.2 Å². The molecule has 0 unspecified atom stereocenters. The van der Waals surface area contributed by atoms with Crippen molar-refractivity contribution in [3.8, 4) is 5.75 Å². The molecule has 0 fully saturated rings. The maximum absolute atomic E-state index is 12.2. The first-order valence-corrected chi connectivity index (χ1v) is 8.00. The second-order valence-corrected chi connectivity index (χ2v) is 5.28. The van der Waals surface area contributed by atoms with Crippen LogP contribution in [0.3, 0.4) is 0 Å². The lowest BCUT2D eigenvalue weighted by molar-refractivity contribution is -0.127. The summed E-state index contributed by atoms with van der Waals surface area (Å²) in [6.45, 7) is -0.448. The van der Waals surface area contributed by atoms with E-state index in [1.54, 1.807) is 24.3 Å².